The zero-order chi connectivity index (χ0) is 50.0. The van der Waals surface area contributed by atoms with Crippen molar-refractivity contribution < 1.29 is 0 Å². The van der Waals surface area contributed by atoms with Gasteiger partial charge in [-0.3, -0.25) is 0 Å². The number of benzene rings is 6. The second-order valence-corrected chi connectivity index (χ2v) is 33.8. The van der Waals surface area contributed by atoms with E-state index in [0.29, 0.717) is 0 Å². The monoisotopic (exact) mass is 957 g/mol. The predicted octanol–water partition coefficient (Wildman–Crippen LogP) is 16.5. The van der Waals surface area contributed by atoms with Crippen LogP contribution in [0.1, 0.15) is 156 Å². The Bertz CT molecular complexity index is 3270. The second-order valence-electron chi connectivity index (χ2n) is 27.6. The number of thiophene rings is 1. The lowest BCUT2D eigenvalue weighted by atomic mass is 9.35. The maximum absolute atomic E-state index is 2.75. The summed E-state index contributed by atoms with van der Waals surface area (Å²) < 4.78 is 2.87. The third kappa shape index (κ3) is 7.36. The van der Waals surface area contributed by atoms with Crippen LogP contribution in [0.15, 0.2) is 109 Å². The average Bonchev–Trinajstić information content (AvgIpc) is 3.66. The third-order valence-electron chi connectivity index (χ3n) is 17.7. The van der Waals surface area contributed by atoms with Gasteiger partial charge in [0.05, 0.1) is 19.4 Å². The Morgan fingerprint density at radius 1 is 0.514 bits per heavy atom. The standard InChI is InChI=1S/C65H77BN2SSi/c1-60(2,3)41-25-28-52(45(33-41)40-23-26-44(27-24-40)70(15,16)17)68-53-38-49-48(63(9,10)30-31-64(49,11)12)37-51(53)66-57-54(34-42(35-55(57)68)61(4,5)6)67(43-21-19-18-20-22-43)58-46-36-47-50(39-56(46)69-59(58)66)65(13,14)32-29-62(47,7)8/h18-28,33-39H,29-32H2,1-17H3. The molecule has 6 aromatic carbocycles. The SMILES string of the molecule is CC(C)(C)c1ccc(N2c3cc4c(cc3B3c5sc6cc7c(cc6c5N(c5ccccc5)c5cc(C(C)(C)C)cc2c53)C(C)(C)CCC7(C)C)C(C)(C)CCC4(C)C)c(-c2ccc([Si](C)(C)C)cc2)c1. The molecule has 70 heavy (non-hydrogen) atoms. The Balaban J connectivity index is 1.31. The van der Waals surface area contributed by atoms with Crippen LogP contribution in [0.2, 0.25) is 19.6 Å². The number of anilines is 6. The maximum Gasteiger partial charge on any atom is 0.264 e. The van der Waals surface area contributed by atoms with Crippen molar-refractivity contribution in [3.63, 3.8) is 0 Å². The summed E-state index contributed by atoms with van der Waals surface area (Å²) in [6, 6.07) is 44.4. The summed E-state index contributed by atoms with van der Waals surface area (Å²) in [4.78, 5) is 5.44. The van der Waals surface area contributed by atoms with Crippen molar-refractivity contribution in [2.45, 2.75) is 175 Å². The van der Waals surface area contributed by atoms with Gasteiger partial charge in [0.2, 0.25) is 0 Å². The van der Waals surface area contributed by atoms with Gasteiger partial charge in [-0.15, -0.1) is 11.3 Å². The molecule has 2 aliphatic carbocycles. The van der Waals surface area contributed by atoms with Gasteiger partial charge >= 0.3 is 0 Å². The van der Waals surface area contributed by atoms with Crippen molar-refractivity contribution >= 4 is 91.2 Å². The molecule has 0 fully saturated rings. The van der Waals surface area contributed by atoms with Gasteiger partial charge in [0.1, 0.15) is 0 Å². The molecule has 2 aliphatic heterocycles. The smallest absolute Gasteiger partial charge is 0.264 e. The predicted molar refractivity (Wildman–Crippen MR) is 312 cm³/mol. The molecule has 1 aromatic heterocycles. The van der Waals surface area contributed by atoms with E-state index < -0.39 is 8.07 Å². The molecule has 0 saturated carbocycles. The highest BCUT2D eigenvalue weighted by Crippen LogP contribution is 2.55. The van der Waals surface area contributed by atoms with E-state index in [1.807, 2.05) is 0 Å². The topological polar surface area (TPSA) is 6.48 Å². The van der Waals surface area contributed by atoms with E-state index in [4.69, 9.17) is 0 Å². The Morgan fingerprint density at radius 3 is 1.60 bits per heavy atom. The molecule has 2 nitrogen and oxygen atoms in total. The number of nitrogens with zero attached hydrogens (tertiary/aromatic N) is 2. The molecular formula is C65H77BN2SSi. The van der Waals surface area contributed by atoms with Crippen molar-refractivity contribution in [1.29, 1.82) is 0 Å². The molecule has 360 valence electrons. The molecule has 7 aromatic rings. The minimum Gasteiger partial charge on any atom is -0.311 e. The average molecular weight is 957 g/mol. The van der Waals surface area contributed by atoms with E-state index in [1.54, 1.807) is 0 Å². The Hall–Kier alpha value is -4.84. The highest BCUT2D eigenvalue weighted by molar-refractivity contribution is 7.33. The molecule has 0 radical (unpaired) electrons. The lowest BCUT2D eigenvalue weighted by molar-refractivity contribution is 0.332. The van der Waals surface area contributed by atoms with Crippen LogP contribution in [-0.2, 0) is 32.5 Å². The highest BCUT2D eigenvalue weighted by atomic mass is 32.1. The molecular weight excluding hydrogens is 880 g/mol. The number of para-hydroxylation sites is 1. The molecule has 0 unspecified atom stereocenters. The van der Waals surface area contributed by atoms with E-state index in [9.17, 15) is 0 Å². The van der Waals surface area contributed by atoms with Gasteiger partial charge in [-0.2, -0.15) is 0 Å². The molecule has 0 amide bonds. The molecule has 0 atom stereocenters. The molecule has 0 saturated heterocycles. The summed E-state index contributed by atoms with van der Waals surface area (Å²) in [6.07, 6.45) is 4.74. The van der Waals surface area contributed by atoms with Crippen LogP contribution >= 0.6 is 11.3 Å². The van der Waals surface area contributed by atoms with E-state index in [-0.39, 0.29) is 39.2 Å². The van der Waals surface area contributed by atoms with Gasteiger partial charge in [0, 0.05) is 43.2 Å². The number of hydrogen-bond acceptors (Lipinski definition) is 3. The minimum absolute atomic E-state index is 0.0200. The summed E-state index contributed by atoms with van der Waals surface area (Å²) in [6.45, 7) is 41.7. The zero-order valence-corrected chi connectivity index (χ0v) is 47.4. The molecule has 0 spiro atoms. The van der Waals surface area contributed by atoms with E-state index in [0.717, 1.165) is 0 Å². The lowest BCUT2D eigenvalue weighted by Crippen LogP contribution is -2.61. The first-order valence-electron chi connectivity index (χ1n) is 26.5. The number of fused-ring (bicyclic) bond motifs is 8. The fraction of sp³-hybridized carbons (Fsp3) is 0.415. The van der Waals surface area contributed by atoms with E-state index >= 15 is 0 Å². The Labute approximate surface area is 427 Å². The summed E-state index contributed by atoms with van der Waals surface area (Å²) in [5, 5.41) is 2.89. The van der Waals surface area contributed by atoms with Gasteiger partial charge in [-0.25, -0.2) is 0 Å². The van der Waals surface area contributed by atoms with Crippen molar-refractivity contribution in [3.8, 4) is 11.1 Å². The van der Waals surface area contributed by atoms with E-state index in [2.05, 4.69) is 247 Å². The van der Waals surface area contributed by atoms with Crippen LogP contribution in [-0.4, -0.2) is 14.8 Å². The van der Waals surface area contributed by atoms with Crippen LogP contribution in [0.4, 0.5) is 34.1 Å². The van der Waals surface area contributed by atoms with Crippen LogP contribution in [0.3, 0.4) is 0 Å². The second kappa shape index (κ2) is 15.3. The molecule has 3 heterocycles. The zero-order valence-electron chi connectivity index (χ0n) is 45.6. The quantitative estimate of drug-likeness (QED) is 0.162. The maximum atomic E-state index is 2.75. The Morgan fingerprint density at radius 2 is 1.04 bits per heavy atom. The van der Waals surface area contributed by atoms with Gasteiger partial charge in [0.25, 0.3) is 6.71 Å². The largest absolute Gasteiger partial charge is 0.311 e. The van der Waals surface area contributed by atoms with Crippen LogP contribution < -0.4 is 30.7 Å². The van der Waals surface area contributed by atoms with Crippen molar-refractivity contribution in [2.24, 2.45) is 0 Å². The summed E-state index contributed by atoms with van der Waals surface area (Å²) in [5.41, 5.74) is 22.2. The van der Waals surface area contributed by atoms with Crippen LogP contribution in [0.25, 0.3) is 21.2 Å². The molecule has 5 heteroatoms. The van der Waals surface area contributed by atoms with Crippen molar-refractivity contribution in [2.75, 3.05) is 9.80 Å². The third-order valence-corrected chi connectivity index (χ3v) is 20.9. The summed E-state index contributed by atoms with van der Waals surface area (Å²) in [7, 11) is -1.53. The van der Waals surface area contributed by atoms with Crippen LogP contribution in [0, 0.1) is 0 Å². The molecule has 11 rings (SSSR count). The summed E-state index contributed by atoms with van der Waals surface area (Å²) >= 11 is 2.07. The van der Waals surface area contributed by atoms with Gasteiger partial charge < -0.3 is 9.80 Å². The minimum atomic E-state index is -1.53. The normalized spacial score (nSPS) is 18.5. The molecule has 0 N–H and O–H groups in total. The van der Waals surface area contributed by atoms with Crippen molar-refractivity contribution in [3.05, 3.63) is 143 Å². The fourth-order valence-corrected chi connectivity index (χ4v) is 15.2. The highest BCUT2D eigenvalue weighted by Gasteiger charge is 2.49. The summed E-state index contributed by atoms with van der Waals surface area (Å²) in [5.74, 6) is 0. The van der Waals surface area contributed by atoms with Crippen LogP contribution in [0.5, 0.6) is 0 Å². The number of hydrogen-bond donors (Lipinski definition) is 0. The first-order chi connectivity index (χ1) is 32.6. The van der Waals surface area contributed by atoms with Gasteiger partial charge in [-0.05, 0) is 163 Å². The Kier molecular flexibility index (Phi) is 10.4. The first-order valence-corrected chi connectivity index (χ1v) is 30.8. The molecule has 0 bridgehead atoms. The van der Waals surface area contributed by atoms with Gasteiger partial charge in [-0.1, -0.05) is 176 Å². The van der Waals surface area contributed by atoms with E-state index in [1.165, 1.54) is 135 Å². The lowest BCUT2D eigenvalue weighted by Gasteiger charge is -2.47. The van der Waals surface area contributed by atoms with Gasteiger partial charge in [0.15, 0.2) is 0 Å². The molecule has 4 aliphatic rings. The fourth-order valence-electron chi connectivity index (χ4n) is 12.7. The van der Waals surface area contributed by atoms with Crippen molar-refractivity contribution in [1.82, 2.24) is 0 Å². The number of rotatable bonds is 4. The first kappa shape index (κ1) is 47.5.